The Hall–Kier alpha value is -2.46. The number of hydrogen-bond donors (Lipinski definition) is 4. The average molecular weight is 477 g/mol. The van der Waals surface area contributed by atoms with Crippen LogP contribution in [0, 0.1) is 0 Å². The van der Waals surface area contributed by atoms with Crippen molar-refractivity contribution < 1.29 is 24.9 Å². The molecule has 0 saturated heterocycles. The van der Waals surface area contributed by atoms with Crippen LogP contribution in [0.1, 0.15) is 26.3 Å². The van der Waals surface area contributed by atoms with Gasteiger partial charge in [0.1, 0.15) is 5.75 Å². The third-order valence-electron chi connectivity index (χ3n) is 3.59. The molecule has 0 aliphatic heterocycles. The molecule has 0 spiro atoms. The Kier molecular flexibility index (Phi) is 9.25. The molecule has 3 aromatic rings. The molecule has 0 aliphatic carbocycles. The minimum absolute atomic E-state index is 0.183. The van der Waals surface area contributed by atoms with E-state index in [0.29, 0.717) is 19.6 Å². The van der Waals surface area contributed by atoms with E-state index in [4.69, 9.17) is 27.5 Å². The van der Waals surface area contributed by atoms with Crippen LogP contribution >= 0.6 is 46.4 Å². The summed E-state index contributed by atoms with van der Waals surface area (Å²) < 4.78 is 0.415. The van der Waals surface area contributed by atoms with Crippen LogP contribution in [-0.4, -0.2) is 31.5 Å². The van der Waals surface area contributed by atoms with Gasteiger partial charge in [-0.25, -0.2) is 9.59 Å². The summed E-state index contributed by atoms with van der Waals surface area (Å²) in [5.41, 5.74) is 1.02. The summed E-state index contributed by atoms with van der Waals surface area (Å²) in [6, 6.07) is 20.1. The first-order chi connectivity index (χ1) is 14.3. The van der Waals surface area contributed by atoms with Crippen molar-refractivity contribution in [1.29, 1.82) is 0 Å². The van der Waals surface area contributed by atoms with Gasteiger partial charge in [0.2, 0.25) is 0 Å². The van der Waals surface area contributed by atoms with Crippen molar-refractivity contribution in [3.8, 4) is 5.75 Å². The van der Waals surface area contributed by atoms with Crippen LogP contribution in [0.15, 0.2) is 82.6 Å². The van der Waals surface area contributed by atoms with E-state index < -0.39 is 11.9 Å². The van der Waals surface area contributed by atoms with Gasteiger partial charge in [-0.2, -0.15) is 0 Å². The van der Waals surface area contributed by atoms with Gasteiger partial charge < -0.3 is 15.3 Å². The summed E-state index contributed by atoms with van der Waals surface area (Å²) in [6.45, 7) is 0. The summed E-state index contributed by atoms with van der Waals surface area (Å²) in [6.07, 6.45) is 0. The highest BCUT2D eigenvalue weighted by Crippen LogP contribution is 2.40. The van der Waals surface area contributed by atoms with Gasteiger partial charge >= 0.3 is 11.9 Å². The SMILES string of the molecule is O=C(O)c1ccccc1SSc1ccccc1C(=O)O.Oc1ccccc1C(=S)S. The van der Waals surface area contributed by atoms with Crippen LogP contribution in [0.5, 0.6) is 5.75 Å². The summed E-state index contributed by atoms with van der Waals surface area (Å²) >= 11 is 8.68. The van der Waals surface area contributed by atoms with Gasteiger partial charge in [-0.3, -0.25) is 0 Å². The van der Waals surface area contributed by atoms with Crippen LogP contribution in [0.4, 0.5) is 0 Å². The van der Waals surface area contributed by atoms with Crippen molar-refractivity contribution in [2.24, 2.45) is 0 Å². The molecule has 0 aliphatic rings. The Bertz CT molecular complexity index is 1010. The van der Waals surface area contributed by atoms with Gasteiger partial charge in [0, 0.05) is 15.4 Å². The maximum atomic E-state index is 11.1. The minimum atomic E-state index is -1.000. The van der Waals surface area contributed by atoms with Gasteiger partial charge in [-0.15, -0.1) is 12.6 Å². The lowest BCUT2D eigenvalue weighted by molar-refractivity contribution is 0.0682. The van der Waals surface area contributed by atoms with E-state index in [2.05, 4.69) is 12.6 Å². The lowest BCUT2D eigenvalue weighted by atomic mass is 10.2. The molecular weight excluding hydrogens is 460 g/mol. The number of benzene rings is 3. The molecule has 3 rings (SSSR count). The van der Waals surface area contributed by atoms with E-state index in [1.54, 1.807) is 60.7 Å². The van der Waals surface area contributed by atoms with Crippen molar-refractivity contribution in [2.75, 3.05) is 0 Å². The lowest BCUT2D eigenvalue weighted by Gasteiger charge is -2.06. The topological polar surface area (TPSA) is 94.8 Å². The molecule has 3 aromatic carbocycles. The Balaban J connectivity index is 0.000000269. The summed E-state index contributed by atoms with van der Waals surface area (Å²) in [5, 5.41) is 27.3. The molecule has 0 atom stereocenters. The highest BCUT2D eigenvalue weighted by molar-refractivity contribution is 8.76. The number of carbonyl (C=O) groups is 2. The van der Waals surface area contributed by atoms with Crippen molar-refractivity contribution in [3.05, 3.63) is 89.5 Å². The van der Waals surface area contributed by atoms with E-state index in [0.717, 1.165) is 0 Å². The van der Waals surface area contributed by atoms with Gasteiger partial charge in [0.05, 0.1) is 15.3 Å². The van der Waals surface area contributed by atoms with Gasteiger partial charge in [0.25, 0.3) is 0 Å². The lowest BCUT2D eigenvalue weighted by Crippen LogP contribution is -1.98. The zero-order valence-corrected chi connectivity index (χ0v) is 18.6. The first kappa shape index (κ1) is 23.8. The number of aromatic carboxylic acids is 2. The Morgan fingerprint density at radius 1 is 0.700 bits per heavy atom. The van der Waals surface area contributed by atoms with E-state index >= 15 is 0 Å². The van der Waals surface area contributed by atoms with E-state index in [9.17, 15) is 9.59 Å². The fraction of sp³-hybridized carbons (Fsp3) is 0. The van der Waals surface area contributed by atoms with Crippen molar-refractivity contribution in [1.82, 2.24) is 0 Å². The maximum Gasteiger partial charge on any atom is 0.336 e. The molecule has 0 heterocycles. The zero-order valence-electron chi connectivity index (χ0n) is 15.3. The number of thiol groups is 1. The van der Waals surface area contributed by atoms with Crippen LogP contribution < -0.4 is 0 Å². The van der Waals surface area contributed by atoms with Crippen LogP contribution in [-0.2, 0) is 0 Å². The summed E-state index contributed by atoms with van der Waals surface area (Å²) in [5.74, 6) is -1.82. The number of phenols is 1. The van der Waals surface area contributed by atoms with Crippen molar-refractivity contribution in [2.45, 2.75) is 9.79 Å². The maximum absolute atomic E-state index is 11.1. The second-order valence-corrected chi connectivity index (χ2v) is 8.96. The normalized spacial score (nSPS) is 9.90. The second-order valence-electron chi connectivity index (χ2n) is 5.59. The second kappa shape index (κ2) is 11.7. The number of hydrogen-bond acceptors (Lipinski definition) is 6. The average Bonchev–Trinajstić information content (AvgIpc) is 2.73. The highest BCUT2D eigenvalue weighted by atomic mass is 33.1. The number of para-hydroxylation sites is 1. The predicted octanol–water partition coefficient (Wildman–Crippen LogP) is 5.88. The molecule has 30 heavy (non-hydrogen) atoms. The standard InChI is InChI=1S/C14H10O4S2.C7H6OS2/c15-13(16)9-5-1-3-7-11(9)19-20-12-8-4-2-6-10(12)14(17)18;8-6-4-2-1-3-5(6)7(9)10/h1-8H,(H,15,16)(H,17,18);1-4,8H,(H,9,10). The summed E-state index contributed by atoms with van der Waals surface area (Å²) in [7, 11) is 2.47. The van der Waals surface area contributed by atoms with Crippen LogP contribution in [0.2, 0.25) is 0 Å². The molecule has 3 N–H and O–H groups in total. The largest absolute Gasteiger partial charge is 0.507 e. The molecule has 0 unspecified atom stereocenters. The van der Waals surface area contributed by atoms with Crippen molar-refractivity contribution in [3.63, 3.8) is 0 Å². The molecule has 0 radical (unpaired) electrons. The van der Waals surface area contributed by atoms with Gasteiger partial charge in [-0.1, -0.05) is 70.2 Å². The first-order valence-electron chi connectivity index (χ1n) is 8.31. The van der Waals surface area contributed by atoms with E-state index in [-0.39, 0.29) is 16.9 Å². The number of carboxylic acid groups (broad SMARTS) is 2. The quantitative estimate of drug-likeness (QED) is 0.199. The molecule has 0 amide bonds. The molecular formula is C21H16O5S4. The summed E-state index contributed by atoms with van der Waals surface area (Å²) in [4.78, 5) is 23.4. The Morgan fingerprint density at radius 2 is 1.07 bits per heavy atom. The first-order valence-corrected chi connectivity index (χ1v) is 11.3. The fourth-order valence-corrected chi connectivity index (χ4v) is 4.89. The highest BCUT2D eigenvalue weighted by Gasteiger charge is 2.13. The minimum Gasteiger partial charge on any atom is -0.507 e. The van der Waals surface area contributed by atoms with Gasteiger partial charge in [-0.05, 0) is 36.4 Å². The monoisotopic (exact) mass is 476 g/mol. The number of rotatable bonds is 6. The molecule has 0 saturated carbocycles. The van der Waals surface area contributed by atoms with E-state index in [1.165, 1.54) is 33.7 Å². The number of carboxylic acids is 2. The number of aromatic hydroxyl groups is 1. The Morgan fingerprint density at radius 3 is 1.40 bits per heavy atom. The number of phenolic OH excluding ortho intramolecular Hbond substituents is 1. The smallest absolute Gasteiger partial charge is 0.336 e. The van der Waals surface area contributed by atoms with Crippen molar-refractivity contribution >= 4 is 62.6 Å². The zero-order chi connectivity index (χ0) is 22.1. The fourth-order valence-electron chi connectivity index (χ4n) is 2.18. The van der Waals surface area contributed by atoms with Gasteiger partial charge in [0.15, 0.2) is 0 Å². The van der Waals surface area contributed by atoms with E-state index in [1.807, 2.05) is 0 Å². The van der Waals surface area contributed by atoms with Crippen LogP contribution in [0.3, 0.4) is 0 Å². The van der Waals surface area contributed by atoms with Crippen LogP contribution in [0.25, 0.3) is 0 Å². The molecule has 0 aromatic heterocycles. The molecule has 0 fully saturated rings. The molecule has 0 bridgehead atoms. The molecule has 5 nitrogen and oxygen atoms in total. The molecule has 154 valence electrons. The third-order valence-corrected chi connectivity index (χ3v) is 6.53. The molecule has 9 heteroatoms. The Labute approximate surface area is 192 Å². The predicted molar refractivity (Wildman–Crippen MR) is 127 cm³/mol. The number of thiocarbonyl (C=S) groups is 1. The third kappa shape index (κ3) is 6.81.